The van der Waals surface area contributed by atoms with Crippen molar-refractivity contribution in [1.82, 2.24) is 0 Å². The molecule has 0 saturated carbocycles. The van der Waals surface area contributed by atoms with E-state index in [1.807, 2.05) is 18.9 Å². The summed E-state index contributed by atoms with van der Waals surface area (Å²) in [7, 11) is 1.36. The number of alkyl halides is 1. The van der Waals surface area contributed by atoms with Gasteiger partial charge in [-0.15, -0.1) is 11.6 Å². The van der Waals surface area contributed by atoms with Crippen molar-refractivity contribution in [3.63, 3.8) is 0 Å². The van der Waals surface area contributed by atoms with E-state index >= 15 is 0 Å². The number of halogens is 1. The molecule has 0 amide bonds. The number of hydrogen-bond acceptors (Lipinski definition) is 3. The average molecular weight is 509 g/mol. The number of hydrogen-bond donors (Lipinski definition) is 1. The molecule has 0 aliphatic heterocycles. The standard InChI is InChI=1S/C21H33ClO3.3CO.Fe/c1-3-4-5-6-7-8-9-10-11-12-13-14-17-20(23)19(22)16-15-18-21(24)25-2;3*1-2;/h7-8,10-14,17,19-20,23H,3-6,9,15-16,18H2,1-2H3;;;;/b8-7-,11-10-;;;;/t19-,20+;;;;/m1..../s1. The molecule has 0 aromatic carbocycles. The van der Waals surface area contributed by atoms with Gasteiger partial charge in [0.1, 0.15) is 0 Å². The van der Waals surface area contributed by atoms with Crippen molar-refractivity contribution >= 4 is 17.6 Å². The van der Waals surface area contributed by atoms with Gasteiger partial charge in [0.05, 0.1) is 18.6 Å². The SMILES string of the molecule is CCCCC/C=C\C/C=C\[CH][CH][CH][CH][C@H](O)[C@H](Cl)CCCC(=O)OC.[C-]#[O+].[C-]#[O+].[C-]#[O+].[Fe]. The summed E-state index contributed by atoms with van der Waals surface area (Å²) in [5.41, 5.74) is 0. The first-order valence-corrected chi connectivity index (χ1v) is 10.2. The van der Waals surface area contributed by atoms with Crippen LogP contribution < -0.4 is 0 Å². The monoisotopic (exact) mass is 508 g/mol. The molecule has 0 rings (SSSR count). The zero-order chi connectivity index (χ0) is 24.8. The quantitative estimate of drug-likeness (QED) is 0.0597. The first-order valence-electron chi connectivity index (χ1n) is 9.77. The first-order chi connectivity index (χ1) is 15.1. The number of aliphatic hydroxyl groups excluding tert-OH is 1. The molecule has 0 aromatic heterocycles. The van der Waals surface area contributed by atoms with Crippen LogP contribution in [0.5, 0.6) is 0 Å². The van der Waals surface area contributed by atoms with Gasteiger partial charge in [0, 0.05) is 23.5 Å². The summed E-state index contributed by atoms with van der Waals surface area (Å²) < 4.78 is 27.1. The van der Waals surface area contributed by atoms with Crippen LogP contribution in [0.4, 0.5) is 0 Å². The molecule has 4 radical (unpaired) electrons. The number of aliphatic hydroxyl groups is 1. The number of unbranched alkanes of at least 4 members (excludes halogenated alkanes) is 5. The van der Waals surface area contributed by atoms with Gasteiger partial charge < -0.3 is 9.84 Å². The summed E-state index contributed by atoms with van der Waals surface area (Å²) >= 11 is 6.10. The van der Waals surface area contributed by atoms with Crippen LogP contribution in [0.1, 0.15) is 58.3 Å². The molecule has 2 atom stereocenters. The minimum absolute atomic E-state index is 0. The van der Waals surface area contributed by atoms with E-state index in [2.05, 4.69) is 49.8 Å². The Morgan fingerprint density at radius 1 is 1.00 bits per heavy atom. The summed E-state index contributed by atoms with van der Waals surface area (Å²) in [6, 6.07) is 0. The summed E-state index contributed by atoms with van der Waals surface area (Å²) in [6.45, 7) is 15.7. The van der Waals surface area contributed by atoms with Crippen LogP contribution >= 0.6 is 11.6 Å². The molecular formula is C24H33ClFeO6. The molecule has 6 nitrogen and oxygen atoms in total. The Balaban J connectivity index is -0.000000318. The Morgan fingerprint density at radius 3 is 2.19 bits per heavy atom. The Hall–Kier alpha value is -1.06. The molecule has 0 aliphatic rings. The maximum atomic E-state index is 11.0. The molecule has 32 heavy (non-hydrogen) atoms. The topological polar surface area (TPSA) is 106 Å². The van der Waals surface area contributed by atoms with Gasteiger partial charge in [-0.25, -0.2) is 0 Å². The maximum absolute atomic E-state index is 11.0. The number of carbonyl (C=O) groups is 1. The van der Waals surface area contributed by atoms with Crippen LogP contribution in [0.15, 0.2) is 24.3 Å². The molecule has 0 bridgehead atoms. The fraction of sp³-hybridized carbons (Fsp3) is 0.500. The number of esters is 1. The third-order valence-corrected chi connectivity index (χ3v) is 4.13. The number of rotatable bonds is 16. The van der Waals surface area contributed by atoms with Gasteiger partial charge in [-0.2, -0.15) is 0 Å². The van der Waals surface area contributed by atoms with Crippen molar-refractivity contribution in [2.24, 2.45) is 0 Å². The maximum Gasteiger partial charge on any atom is 0 e. The molecule has 0 heterocycles. The smallest absolute Gasteiger partial charge is 0 e. The van der Waals surface area contributed by atoms with E-state index in [4.69, 9.17) is 25.6 Å². The predicted molar refractivity (Wildman–Crippen MR) is 118 cm³/mol. The van der Waals surface area contributed by atoms with Gasteiger partial charge in [-0.1, -0.05) is 44.1 Å². The second-order valence-electron chi connectivity index (χ2n) is 5.88. The minimum Gasteiger partial charge on any atom is 0 e. The Bertz CT molecular complexity index is 474. The molecule has 1 N–H and O–H groups in total. The average Bonchev–Trinajstić information content (AvgIpc) is 2.83. The van der Waals surface area contributed by atoms with Gasteiger partial charge >= 0.3 is 39.9 Å². The molecule has 0 spiro atoms. The molecule has 0 aromatic rings. The second-order valence-corrected chi connectivity index (χ2v) is 6.44. The van der Waals surface area contributed by atoms with Crippen molar-refractivity contribution in [1.29, 1.82) is 0 Å². The molecule has 0 saturated heterocycles. The van der Waals surface area contributed by atoms with Gasteiger partial charge in [-0.05, 0) is 57.8 Å². The van der Waals surface area contributed by atoms with E-state index in [0.717, 1.165) is 12.8 Å². The second kappa shape index (κ2) is 40.3. The molecular weight excluding hydrogens is 476 g/mol. The van der Waals surface area contributed by atoms with Crippen LogP contribution in [-0.2, 0) is 40.6 Å². The fourth-order valence-corrected chi connectivity index (χ4v) is 2.34. The largest absolute Gasteiger partial charge is 0 e. The first kappa shape index (κ1) is 41.2. The van der Waals surface area contributed by atoms with E-state index in [1.54, 1.807) is 12.8 Å². The number of methoxy groups -OCH3 is 1. The van der Waals surface area contributed by atoms with Crippen LogP contribution in [0.2, 0.25) is 0 Å². The van der Waals surface area contributed by atoms with Crippen molar-refractivity contribution in [2.45, 2.75) is 69.8 Å². The molecule has 0 unspecified atom stereocenters. The number of ether oxygens (including phenoxy) is 1. The molecule has 0 aliphatic carbocycles. The van der Waals surface area contributed by atoms with Gasteiger partial charge in [-0.3, -0.25) is 4.79 Å². The van der Waals surface area contributed by atoms with E-state index in [-0.39, 0.29) is 23.0 Å². The van der Waals surface area contributed by atoms with E-state index in [0.29, 0.717) is 19.3 Å². The van der Waals surface area contributed by atoms with E-state index < -0.39 is 11.5 Å². The van der Waals surface area contributed by atoms with Crippen molar-refractivity contribution in [3.05, 3.63) is 69.9 Å². The summed E-state index contributed by atoms with van der Waals surface area (Å²) in [5.74, 6) is -0.251. The predicted octanol–water partition coefficient (Wildman–Crippen LogP) is 5.08. The third kappa shape index (κ3) is 36.3. The molecule has 0 fully saturated rings. The minimum atomic E-state index is -0.723. The summed E-state index contributed by atoms with van der Waals surface area (Å²) in [5, 5.41) is 9.51. The normalized spacial score (nSPS) is 11.3. The Morgan fingerprint density at radius 2 is 1.62 bits per heavy atom. The van der Waals surface area contributed by atoms with Crippen molar-refractivity contribution in [3.8, 4) is 0 Å². The number of carbonyl (C=O) groups excluding carboxylic acids is 1. The van der Waals surface area contributed by atoms with Crippen LogP contribution in [0.3, 0.4) is 0 Å². The fourth-order valence-electron chi connectivity index (χ4n) is 2.10. The van der Waals surface area contributed by atoms with Crippen LogP contribution in [0.25, 0.3) is 0 Å². The third-order valence-electron chi connectivity index (χ3n) is 3.65. The summed E-state index contributed by atoms with van der Waals surface area (Å²) in [6.07, 6.45) is 22.4. The Kier molecular flexibility index (Phi) is 51.9. The van der Waals surface area contributed by atoms with Crippen molar-refractivity contribution < 1.29 is 45.7 Å². The van der Waals surface area contributed by atoms with Gasteiger partial charge in [0.2, 0.25) is 0 Å². The summed E-state index contributed by atoms with van der Waals surface area (Å²) in [4.78, 5) is 11.0. The van der Waals surface area contributed by atoms with E-state index in [9.17, 15) is 9.90 Å². The van der Waals surface area contributed by atoms with Crippen molar-refractivity contribution in [2.75, 3.05) is 7.11 Å². The van der Waals surface area contributed by atoms with Gasteiger partial charge in [0.15, 0.2) is 0 Å². The van der Waals surface area contributed by atoms with Gasteiger partial charge in [0.25, 0.3) is 0 Å². The zero-order valence-corrected chi connectivity index (χ0v) is 20.5. The molecule has 8 heteroatoms. The number of allylic oxidation sites excluding steroid dienone is 4. The Labute approximate surface area is 209 Å². The van der Waals surface area contributed by atoms with Crippen LogP contribution in [0, 0.1) is 45.6 Å². The zero-order valence-electron chi connectivity index (χ0n) is 18.7. The van der Waals surface area contributed by atoms with E-state index in [1.165, 1.54) is 26.4 Å². The molecule has 180 valence electrons. The van der Waals surface area contributed by atoms with Crippen LogP contribution in [-0.4, -0.2) is 29.7 Å².